The highest BCUT2D eigenvalue weighted by molar-refractivity contribution is 5.34. The molecule has 1 heterocycles. The molecule has 0 aliphatic carbocycles. The van der Waals surface area contributed by atoms with Gasteiger partial charge in [-0.2, -0.15) is 0 Å². The second-order valence-electron chi connectivity index (χ2n) is 3.02. The van der Waals surface area contributed by atoms with Crippen LogP contribution in [0, 0.1) is 18.6 Å². The maximum absolute atomic E-state index is 13.2. The summed E-state index contributed by atoms with van der Waals surface area (Å²) in [6, 6.07) is 3.32. The molecule has 2 nitrogen and oxygen atoms in total. The van der Waals surface area contributed by atoms with Crippen molar-refractivity contribution in [3.63, 3.8) is 0 Å². The van der Waals surface area contributed by atoms with Crippen LogP contribution in [0.25, 0.3) is 5.69 Å². The van der Waals surface area contributed by atoms with Gasteiger partial charge in [0.2, 0.25) is 0 Å². The number of rotatable bonds is 1. The summed E-state index contributed by atoms with van der Waals surface area (Å²) in [5, 5.41) is 0. The van der Waals surface area contributed by atoms with Gasteiger partial charge in [0.15, 0.2) is 0 Å². The number of hydrogen-bond donors (Lipinski definition) is 0. The van der Waals surface area contributed by atoms with E-state index in [4.69, 9.17) is 0 Å². The minimum atomic E-state index is -0.469. The first kappa shape index (κ1) is 8.87. The first-order valence-electron chi connectivity index (χ1n) is 4.13. The molecule has 0 saturated carbocycles. The second kappa shape index (κ2) is 3.21. The average Bonchev–Trinajstić information content (AvgIpc) is 2.56. The van der Waals surface area contributed by atoms with Crippen LogP contribution in [0.5, 0.6) is 0 Å². The van der Waals surface area contributed by atoms with Gasteiger partial charge >= 0.3 is 0 Å². The quantitative estimate of drug-likeness (QED) is 0.681. The van der Waals surface area contributed by atoms with Crippen LogP contribution in [0.3, 0.4) is 0 Å². The van der Waals surface area contributed by atoms with Crippen molar-refractivity contribution in [1.82, 2.24) is 9.55 Å². The molecule has 14 heavy (non-hydrogen) atoms. The van der Waals surface area contributed by atoms with Crippen LogP contribution < -0.4 is 0 Å². The number of nitrogens with zero attached hydrogens (tertiary/aromatic N) is 2. The topological polar surface area (TPSA) is 17.8 Å². The lowest BCUT2D eigenvalue weighted by Crippen LogP contribution is -1.95. The largest absolute Gasteiger partial charge is 0.303 e. The van der Waals surface area contributed by atoms with Crippen molar-refractivity contribution in [2.75, 3.05) is 0 Å². The summed E-state index contributed by atoms with van der Waals surface area (Å²) >= 11 is 0. The molecular formula is C10H8F2N2. The lowest BCUT2D eigenvalue weighted by molar-refractivity contribution is 0.592. The van der Waals surface area contributed by atoms with Crippen LogP contribution in [-0.2, 0) is 0 Å². The number of imidazole rings is 1. The molecule has 0 unspecified atom stereocenters. The first-order valence-corrected chi connectivity index (χ1v) is 4.13. The summed E-state index contributed by atoms with van der Waals surface area (Å²) < 4.78 is 27.5. The van der Waals surface area contributed by atoms with E-state index in [1.165, 1.54) is 10.9 Å². The van der Waals surface area contributed by atoms with Crippen LogP contribution in [0.1, 0.15) is 5.69 Å². The van der Waals surface area contributed by atoms with Gasteiger partial charge < -0.3 is 4.57 Å². The van der Waals surface area contributed by atoms with Crippen molar-refractivity contribution < 1.29 is 8.78 Å². The Balaban J connectivity index is 2.55. The van der Waals surface area contributed by atoms with Gasteiger partial charge in [0.25, 0.3) is 0 Å². The smallest absolute Gasteiger partial charge is 0.147 e. The van der Waals surface area contributed by atoms with Crippen molar-refractivity contribution >= 4 is 0 Å². The molecule has 0 N–H and O–H groups in total. The maximum Gasteiger partial charge on any atom is 0.147 e. The molecule has 0 spiro atoms. The van der Waals surface area contributed by atoms with Gasteiger partial charge in [-0.15, -0.1) is 0 Å². The van der Waals surface area contributed by atoms with E-state index in [1.807, 2.05) is 0 Å². The molecule has 0 aliphatic heterocycles. The molecule has 4 heteroatoms. The SMILES string of the molecule is Cc1cn(-c2cc(F)ccc2F)cn1. The molecule has 1 aromatic carbocycles. The fourth-order valence-corrected chi connectivity index (χ4v) is 1.24. The van der Waals surface area contributed by atoms with Gasteiger partial charge in [-0.1, -0.05) is 0 Å². The lowest BCUT2D eigenvalue weighted by atomic mass is 10.3. The normalized spacial score (nSPS) is 10.5. The molecule has 0 bridgehead atoms. The van der Waals surface area contributed by atoms with Gasteiger partial charge in [0, 0.05) is 12.3 Å². The van der Waals surface area contributed by atoms with E-state index in [9.17, 15) is 8.78 Å². The predicted octanol–water partition coefficient (Wildman–Crippen LogP) is 2.46. The average molecular weight is 194 g/mol. The molecule has 0 radical (unpaired) electrons. The fraction of sp³-hybridized carbons (Fsp3) is 0.100. The molecule has 2 rings (SSSR count). The number of halogens is 2. The van der Waals surface area contributed by atoms with Crippen molar-refractivity contribution in [2.45, 2.75) is 6.92 Å². The minimum Gasteiger partial charge on any atom is -0.303 e. The Morgan fingerprint density at radius 2 is 2.07 bits per heavy atom. The van der Waals surface area contributed by atoms with Crippen molar-refractivity contribution in [1.29, 1.82) is 0 Å². The Morgan fingerprint density at radius 1 is 1.29 bits per heavy atom. The lowest BCUT2D eigenvalue weighted by Gasteiger charge is -2.02. The zero-order valence-corrected chi connectivity index (χ0v) is 7.54. The molecule has 0 atom stereocenters. The van der Waals surface area contributed by atoms with Crippen LogP contribution >= 0.6 is 0 Å². The minimum absolute atomic E-state index is 0.172. The fourth-order valence-electron chi connectivity index (χ4n) is 1.24. The zero-order chi connectivity index (χ0) is 10.1. The summed E-state index contributed by atoms with van der Waals surface area (Å²) in [6.45, 7) is 1.79. The standard InChI is InChI=1S/C10H8F2N2/c1-7-5-14(6-13-7)10-4-8(11)2-3-9(10)12/h2-6H,1H3. The third kappa shape index (κ3) is 1.51. The monoisotopic (exact) mass is 194 g/mol. The van der Waals surface area contributed by atoms with E-state index in [1.54, 1.807) is 13.1 Å². The summed E-state index contributed by atoms with van der Waals surface area (Å²) in [7, 11) is 0. The van der Waals surface area contributed by atoms with Crippen molar-refractivity contribution in [2.24, 2.45) is 0 Å². The van der Waals surface area contributed by atoms with E-state index in [-0.39, 0.29) is 5.69 Å². The maximum atomic E-state index is 13.2. The third-order valence-electron chi connectivity index (χ3n) is 1.90. The molecule has 72 valence electrons. The van der Waals surface area contributed by atoms with E-state index in [0.717, 1.165) is 23.9 Å². The van der Waals surface area contributed by atoms with Gasteiger partial charge in [-0.25, -0.2) is 13.8 Å². The summed E-state index contributed by atoms with van der Waals surface area (Å²) in [6.07, 6.45) is 3.09. The van der Waals surface area contributed by atoms with E-state index >= 15 is 0 Å². The van der Waals surface area contributed by atoms with Crippen LogP contribution in [0.4, 0.5) is 8.78 Å². The Morgan fingerprint density at radius 3 is 2.71 bits per heavy atom. The second-order valence-corrected chi connectivity index (χ2v) is 3.02. The number of aromatic nitrogens is 2. The van der Waals surface area contributed by atoms with Gasteiger partial charge in [0.05, 0.1) is 17.7 Å². The zero-order valence-electron chi connectivity index (χ0n) is 7.54. The molecular weight excluding hydrogens is 186 g/mol. The molecule has 0 fully saturated rings. The van der Waals surface area contributed by atoms with Crippen LogP contribution in [0.15, 0.2) is 30.7 Å². The Hall–Kier alpha value is -1.71. The summed E-state index contributed by atoms with van der Waals surface area (Å²) in [5.41, 5.74) is 0.930. The van der Waals surface area contributed by atoms with Crippen molar-refractivity contribution in [3.05, 3.63) is 48.1 Å². The van der Waals surface area contributed by atoms with E-state index in [0.29, 0.717) is 0 Å². The van der Waals surface area contributed by atoms with Gasteiger partial charge in [-0.05, 0) is 19.1 Å². The molecule has 1 aromatic heterocycles. The summed E-state index contributed by atoms with van der Waals surface area (Å²) in [4.78, 5) is 3.94. The predicted molar refractivity (Wildman–Crippen MR) is 48.2 cm³/mol. The summed E-state index contributed by atoms with van der Waals surface area (Å²) in [5.74, 6) is -0.934. The highest BCUT2D eigenvalue weighted by Crippen LogP contribution is 2.14. The number of benzene rings is 1. The van der Waals surface area contributed by atoms with Gasteiger partial charge in [0.1, 0.15) is 11.6 Å². The van der Waals surface area contributed by atoms with Gasteiger partial charge in [-0.3, -0.25) is 0 Å². The molecule has 0 aliphatic rings. The highest BCUT2D eigenvalue weighted by Gasteiger charge is 2.05. The molecule has 0 amide bonds. The van der Waals surface area contributed by atoms with Crippen molar-refractivity contribution in [3.8, 4) is 5.69 Å². The van der Waals surface area contributed by atoms with E-state index in [2.05, 4.69) is 4.98 Å². The van der Waals surface area contributed by atoms with E-state index < -0.39 is 11.6 Å². The molecule has 0 saturated heterocycles. The highest BCUT2D eigenvalue weighted by atomic mass is 19.1. The Bertz CT molecular complexity index is 463. The number of aryl methyl sites for hydroxylation is 1. The van der Waals surface area contributed by atoms with Crippen LogP contribution in [-0.4, -0.2) is 9.55 Å². The molecule has 2 aromatic rings. The number of hydrogen-bond acceptors (Lipinski definition) is 1. The third-order valence-corrected chi connectivity index (χ3v) is 1.90. The Kier molecular flexibility index (Phi) is 2.04. The first-order chi connectivity index (χ1) is 6.66. The Labute approximate surface area is 79.8 Å². The van der Waals surface area contributed by atoms with Crippen LogP contribution in [0.2, 0.25) is 0 Å².